The van der Waals surface area contributed by atoms with Crippen molar-refractivity contribution in [2.75, 3.05) is 5.75 Å². The van der Waals surface area contributed by atoms with E-state index in [0.29, 0.717) is 0 Å². The van der Waals surface area contributed by atoms with Crippen LogP contribution in [0.25, 0.3) is 0 Å². The van der Waals surface area contributed by atoms with Crippen molar-refractivity contribution >= 4 is 11.8 Å². The van der Waals surface area contributed by atoms with Gasteiger partial charge in [0.05, 0.1) is 0 Å². The molecule has 0 radical (unpaired) electrons. The fourth-order valence-corrected chi connectivity index (χ4v) is 2.02. The van der Waals surface area contributed by atoms with Gasteiger partial charge in [-0.25, -0.2) is 0 Å². The van der Waals surface area contributed by atoms with E-state index >= 15 is 0 Å². The average Bonchev–Trinajstić information content (AvgIpc) is 2.15. The number of H-pyrrole nitrogens is 1. The normalized spacial score (nSPS) is 16.5. The molecule has 2 rings (SSSR count). The van der Waals surface area contributed by atoms with Gasteiger partial charge in [0.25, 0.3) is 0 Å². The van der Waals surface area contributed by atoms with Crippen molar-refractivity contribution < 1.29 is 0 Å². The highest BCUT2D eigenvalue weighted by atomic mass is 32.2. The van der Waals surface area contributed by atoms with Gasteiger partial charge in [-0.2, -0.15) is 0 Å². The second-order valence-electron chi connectivity index (χ2n) is 1.94. The van der Waals surface area contributed by atoms with Crippen molar-refractivity contribution in [2.24, 2.45) is 0 Å². The molecular formula is C6H7NS. The molecule has 0 saturated heterocycles. The lowest BCUT2D eigenvalue weighted by molar-refractivity contribution is 1.16. The molecule has 2 heteroatoms. The molecule has 0 atom stereocenters. The summed E-state index contributed by atoms with van der Waals surface area (Å²) < 4.78 is 0. The summed E-state index contributed by atoms with van der Waals surface area (Å²) >= 11 is 1.94. The molecule has 2 heterocycles. The van der Waals surface area contributed by atoms with Gasteiger partial charge in [0.2, 0.25) is 0 Å². The molecule has 0 spiro atoms. The molecule has 1 N–H and O–H groups in total. The Balaban J connectivity index is 2.54. The third-order valence-corrected chi connectivity index (χ3v) is 2.52. The number of aryl methyl sites for hydroxylation is 1. The van der Waals surface area contributed by atoms with Crippen molar-refractivity contribution in [3.05, 3.63) is 18.0 Å². The van der Waals surface area contributed by atoms with Gasteiger partial charge in [-0.05, 0) is 12.0 Å². The van der Waals surface area contributed by atoms with E-state index in [2.05, 4.69) is 17.4 Å². The number of fused-ring (bicyclic) bond motifs is 1. The number of thioether (sulfide) groups is 1. The number of aromatic nitrogens is 1. The van der Waals surface area contributed by atoms with Crippen LogP contribution in [0.4, 0.5) is 0 Å². The lowest BCUT2D eigenvalue weighted by Gasteiger charge is -1.78. The van der Waals surface area contributed by atoms with Gasteiger partial charge in [0.15, 0.2) is 0 Å². The zero-order chi connectivity index (χ0) is 5.40. The number of hydrogen-bond donors (Lipinski definition) is 1. The summed E-state index contributed by atoms with van der Waals surface area (Å²) in [4.78, 5) is 4.53. The van der Waals surface area contributed by atoms with Crippen LogP contribution in [-0.2, 0) is 6.42 Å². The van der Waals surface area contributed by atoms with Gasteiger partial charge in [-0.1, -0.05) is 0 Å². The van der Waals surface area contributed by atoms with E-state index in [1.54, 1.807) is 0 Å². The SMILES string of the molecule is c1[nH]cc2c1CCS2. The summed E-state index contributed by atoms with van der Waals surface area (Å²) in [6, 6.07) is 0. The third kappa shape index (κ3) is 0.494. The zero-order valence-corrected chi connectivity index (χ0v) is 5.29. The molecule has 1 aromatic heterocycles. The summed E-state index contributed by atoms with van der Waals surface area (Å²) in [6.07, 6.45) is 5.42. The Morgan fingerprint density at radius 2 is 2.50 bits per heavy atom. The molecule has 1 aliphatic rings. The van der Waals surface area contributed by atoms with Crippen molar-refractivity contribution in [1.29, 1.82) is 0 Å². The molecule has 0 aromatic carbocycles. The van der Waals surface area contributed by atoms with Crippen LogP contribution in [-0.4, -0.2) is 10.7 Å². The van der Waals surface area contributed by atoms with E-state index in [1.807, 2.05) is 11.8 Å². The lowest BCUT2D eigenvalue weighted by atomic mass is 10.3. The molecule has 0 saturated carbocycles. The molecule has 42 valence electrons. The first-order valence-corrected chi connectivity index (χ1v) is 3.74. The lowest BCUT2D eigenvalue weighted by Crippen LogP contribution is -1.73. The van der Waals surface area contributed by atoms with Gasteiger partial charge in [-0.15, -0.1) is 11.8 Å². The van der Waals surface area contributed by atoms with Gasteiger partial charge in [-0.3, -0.25) is 0 Å². The van der Waals surface area contributed by atoms with Crippen LogP contribution in [0.2, 0.25) is 0 Å². The average molecular weight is 125 g/mol. The fourth-order valence-electron chi connectivity index (χ4n) is 0.982. The van der Waals surface area contributed by atoms with E-state index in [4.69, 9.17) is 0 Å². The molecule has 8 heavy (non-hydrogen) atoms. The molecule has 0 aliphatic carbocycles. The highest BCUT2D eigenvalue weighted by molar-refractivity contribution is 7.99. The first-order valence-electron chi connectivity index (χ1n) is 2.75. The molecule has 1 aliphatic heterocycles. The smallest absolute Gasteiger partial charge is 0.0279 e. The largest absolute Gasteiger partial charge is 0.366 e. The monoisotopic (exact) mass is 125 g/mol. The summed E-state index contributed by atoms with van der Waals surface area (Å²) in [5.74, 6) is 1.28. The number of nitrogens with one attached hydrogen (secondary N) is 1. The molecule has 0 fully saturated rings. The highest BCUT2D eigenvalue weighted by Gasteiger charge is 2.09. The molecule has 0 unspecified atom stereocenters. The van der Waals surface area contributed by atoms with Gasteiger partial charge in [0, 0.05) is 23.0 Å². The van der Waals surface area contributed by atoms with Crippen LogP contribution in [0, 0.1) is 0 Å². The predicted molar refractivity (Wildman–Crippen MR) is 35.2 cm³/mol. The van der Waals surface area contributed by atoms with Crippen molar-refractivity contribution in [3.63, 3.8) is 0 Å². The van der Waals surface area contributed by atoms with Crippen LogP contribution < -0.4 is 0 Å². The van der Waals surface area contributed by atoms with Gasteiger partial charge >= 0.3 is 0 Å². The minimum atomic E-state index is 1.25. The van der Waals surface area contributed by atoms with E-state index < -0.39 is 0 Å². The summed E-state index contributed by atoms with van der Waals surface area (Å²) in [5, 5.41) is 0. The minimum absolute atomic E-state index is 1.25. The fraction of sp³-hybridized carbons (Fsp3) is 0.333. The van der Waals surface area contributed by atoms with E-state index in [0.717, 1.165) is 0 Å². The third-order valence-electron chi connectivity index (χ3n) is 1.42. The topological polar surface area (TPSA) is 15.8 Å². The second kappa shape index (κ2) is 1.55. The Morgan fingerprint density at radius 1 is 1.50 bits per heavy atom. The van der Waals surface area contributed by atoms with E-state index in [1.165, 1.54) is 22.6 Å². The minimum Gasteiger partial charge on any atom is -0.366 e. The molecule has 0 bridgehead atoms. The second-order valence-corrected chi connectivity index (χ2v) is 3.08. The zero-order valence-electron chi connectivity index (χ0n) is 4.48. The van der Waals surface area contributed by atoms with Crippen LogP contribution in [0.3, 0.4) is 0 Å². The highest BCUT2D eigenvalue weighted by Crippen LogP contribution is 2.29. The van der Waals surface area contributed by atoms with Crippen LogP contribution in [0.5, 0.6) is 0 Å². The maximum absolute atomic E-state index is 3.08. The Kier molecular flexibility index (Phi) is 0.875. The Morgan fingerprint density at radius 3 is 3.38 bits per heavy atom. The molecule has 1 nitrogen and oxygen atoms in total. The summed E-state index contributed by atoms with van der Waals surface area (Å²) in [6.45, 7) is 0. The van der Waals surface area contributed by atoms with Crippen molar-refractivity contribution in [1.82, 2.24) is 4.98 Å². The molecule has 0 amide bonds. The maximum Gasteiger partial charge on any atom is 0.0279 e. The quantitative estimate of drug-likeness (QED) is 0.557. The van der Waals surface area contributed by atoms with Gasteiger partial charge in [0.1, 0.15) is 0 Å². The Labute approximate surface area is 52.5 Å². The van der Waals surface area contributed by atoms with Crippen molar-refractivity contribution in [2.45, 2.75) is 11.3 Å². The first-order chi connectivity index (χ1) is 3.97. The number of rotatable bonds is 0. The Bertz CT molecular complexity index is 174. The maximum atomic E-state index is 3.08. The first kappa shape index (κ1) is 4.50. The van der Waals surface area contributed by atoms with Crippen LogP contribution in [0.15, 0.2) is 17.3 Å². The number of aromatic amines is 1. The van der Waals surface area contributed by atoms with Crippen molar-refractivity contribution in [3.8, 4) is 0 Å². The van der Waals surface area contributed by atoms with Gasteiger partial charge < -0.3 is 4.98 Å². The van der Waals surface area contributed by atoms with E-state index in [-0.39, 0.29) is 0 Å². The standard InChI is InChI=1S/C6H7NS/c1-2-8-6-4-7-3-5(1)6/h3-4,7H,1-2H2. The number of hydrogen-bond acceptors (Lipinski definition) is 1. The van der Waals surface area contributed by atoms with Crippen LogP contribution in [0.1, 0.15) is 5.56 Å². The predicted octanol–water partition coefficient (Wildman–Crippen LogP) is 1.66. The van der Waals surface area contributed by atoms with E-state index in [9.17, 15) is 0 Å². The summed E-state index contributed by atoms with van der Waals surface area (Å²) in [5.41, 5.74) is 1.50. The van der Waals surface area contributed by atoms with Crippen LogP contribution >= 0.6 is 11.8 Å². The Hall–Kier alpha value is -0.370. The molecule has 1 aromatic rings. The molecular weight excluding hydrogens is 118 g/mol. The summed E-state index contributed by atoms with van der Waals surface area (Å²) in [7, 11) is 0.